The van der Waals surface area contributed by atoms with Crippen LogP contribution in [0.2, 0.25) is 0 Å². The molecule has 2 aliphatic rings. The largest absolute Gasteiger partial charge is 0.395 e. The summed E-state index contributed by atoms with van der Waals surface area (Å²) in [6.45, 7) is 0.571. The van der Waals surface area contributed by atoms with Crippen molar-refractivity contribution in [2.24, 2.45) is 0 Å². The quantitative estimate of drug-likeness (QED) is 0.735. The highest BCUT2D eigenvalue weighted by Crippen LogP contribution is 2.42. The van der Waals surface area contributed by atoms with Crippen LogP contribution in [0.3, 0.4) is 0 Å². The Bertz CT molecular complexity index is 549. The van der Waals surface area contributed by atoms with Gasteiger partial charge in [-0.3, -0.25) is 14.7 Å². The second-order valence-corrected chi connectivity index (χ2v) is 5.44. The van der Waals surface area contributed by atoms with E-state index in [0.29, 0.717) is 24.6 Å². The van der Waals surface area contributed by atoms with E-state index in [0.717, 1.165) is 25.0 Å². The van der Waals surface area contributed by atoms with Crippen molar-refractivity contribution in [3.8, 4) is 0 Å². The lowest BCUT2D eigenvalue weighted by atomic mass is 10.2. The Kier molecular flexibility index (Phi) is 3.11. The highest BCUT2D eigenvalue weighted by Gasteiger charge is 2.37. The van der Waals surface area contributed by atoms with Gasteiger partial charge in [0.1, 0.15) is 6.04 Å². The number of rotatable bonds is 3. The minimum absolute atomic E-state index is 0.132. The van der Waals surface area contributed by atoms with Crippen LogP contribution < -0.4 is 11.1 Å². The SMILES string of the molecule is CNC(=O)C1CCCN1C(=O)c1n[nH]c(C2CC2)c1N. The molecule has 108 valence electrons. The number of carbonyl (C=O) groups excluding carboxylic acids is 2. The van der Waals surface area contributed by atoms with Gasteiger partial charge in [-0.2, -0.15) is 5.10 Å². The number of likely N-dealkylation sites (N-methyl/N-ethyl adjacent to an activating group) is 1. The number of nitrogens with one attached hydrogen (secondary N) is 2. The summed E-state index contributed by atoms with van der Waals surface area (Å²) in [4.78, 5) is 25.9. The van der Waals surface area contributed by atoms with Gasteiger partial charge in [0, 0.05) is 19.5 Å². The highest BCUT2D eigenvalue weighted by atomic mass is 16.2. The number of carbonyl (C=O) groups is 2. The molecule has 2 fully saturated rings. The fourth-order valence-electron chi connectivity index (χ4n) is 2.80. The monoisotopic (exact) mass is 277 g/mol. The molecule has 1 aliphatic heterocycles. The summed E-state index contributed by atoms with van der Waals surface area (Å²) >= 11 is 0. The average molecular weight is 277 g/mol. The molecule has 7 nitrogen and oxygen atoms in total. The summed E-state index contributed by atoms with van der Waals surface area (Å²) in [6, 6.07) is -0.409. The van der Waals surface area contributed by atoms with E-state index in [1.54, 1.807) is 11.9 Å². The van der Waals surface area contributed by atoms with Crippen molar-refractivity contribution in [1.82, 2.24) is 20.4 Å². The number of amides is 2. The number of hydrogen-bond acceptors (Lipinski definition) is 4. The zero-order chi connectivity index (χ0) is 14.3. The van der Waals surface area contributed by atoms with Crippen LogP contribution in [0, 0.1) is 0 Å². The molecule has 1 aromatic heterocycles. The predicted molar refractivity (Wildman–Crippen MR) is 73.1 cm³/mol. The topological polar surface area (TPSA) is 104 Å². The first kappa shape index (κ1) is 13.0. The summed E-state index contributed by atoms with van der Waals surface area (Å²) in [6.07, 6.45) is 3.68. The van der Waals surface area contributed by atoms with Crippen molar-refractivity contribution < 1.29 is 9.59 Å². The van der Waals surface area contributed by atoms with Crippen molar-refractivity contribution in [3.63, 3.8) is 0 Å². The van der Waals surface area contributed by atoms with Crippen molar-refractivity contribution in [1.29, 1.82) is 0 Å². The fraction of sp³-hybridized carbons (Fsp3) is 0.615. The summed E-state index contributed by atoms with van der Waals surface area (Å²) in [7, 11) is 1.58. The standard InChI is InChI=1S/C13H19N5O2/c1-15-12(19)8-3-2-6-18(8)13(20)11-9(14)10(16-17-11)7-4-5-7/h7-8H,2-6,14H2,1H3,(H,15,19)(H,16,17). The first-order valence-electron chi connectivity index (χ1n) is 6.99. The number of hydrogen-bond donors (Lipinski definition) is 3. The molecule has 1 atom stereocenters. The van der Waals surface area contributed by atoms with E-state index in [1.807, 2.05) is 0 Å². The number of H-pyrrole nitrogens is 1. The molecule has 20 heavy (non-hydrogen) atoms. The number of nitrogens with zero attached hydrogens (tertiary/aromatic N) is 2. The van der Waals surface area contributed by atoms with Crippen LogP contribution in [-0.4, -0.2) is 46.5 Å². The third-order valence-corrected chi connectivity index (χ3v) is 4.08. The number of aromatic amines is 1. The molecule has 7 heteroatoms. The van der Waals surface area contributed by atoms with Gasteiger partial charge in [-0.05, 0) is 25.7 Å². The van der Waals surface area contributed by atoms with Crippen molar-refractivity contribution in [2.75, 3.05) is 19.3 Å². The third-order valence-electron chi connectivity index (χ3n) is 4.08. The molecular formula is C13H19N5O2. The Morgan fingerprint density at radius 1 is 1.40 bits per heavy atom. The van der Waals surface area contributed by atoms with Gasteiger partial charge in [0.25, 0.3) is 5.91 Å². The van der Waals surface area contributed by atoms with Gasteiger partial charge in [0.2, 0.25) is 5.91 Å². The van der Waals surface area contributed by atoms with Crippen LogP contribution in [0.5, 0.6) is 0 Å². The highest BCUT2D eigenvalue weighted by molar-refractivity contribution is 6.00. The molecule has 3 rings (SSSR count). The first-order chi connectivity index (χ1) is 9.63. The molecule has 0 bridgehead atoms. The smallest absolute Gasteiger partial charge is 0.277 e. The summed E-state index contributed by atoms with van der Waals surface area (Å²) < 4.78 is 0. The fourth-order valence-corrected chi connectivity index (χ4v) is 2.80. The van der Waals surface area contributed by atoms with Crippen LogP contribution in [0.1, 0.15) is 47.8 Å². The maximum Gasteiger partial charge on any atom is 0.277 e. The zero-order valence-corrected chi connectivity index (χ0v) is 11.5. The van der Waals surface area contributed by atoms with E-state index in [-0.39, 0.29) is 17.5 Å². The Labute approximate surface area is 116 Å². The summed E-state index contributed by atoms with van der Waals surface area (Å²) in [5.41, 5.74) is 7.59. The molecule has 0 radical (unpaired) electrons. The van der Waals surface area contributed by atoms with Crippen LogP contribution in [-0.2, 0) is 4.79 Å². The Morgan fingerprint density at radius 2 is 2.15 bits per heavy atom. The summed E-state index contributed by atoms with van der Waals surface area (Å²) in [5, 5.41) is 9.54. The molecule has 0 spiro atoms. The van der Waals surface area contributed by atoms with E-state index in [4.69, 9.17) is 5.73 Å². The van der Waals surface area contributed by atoms with Gasteiger partial charge in [-0.15, -0.1) is 0 Å². The molecule has 1 saturated carbocycles. The van der Waals surface area contributed by atoms with E-state index in [9.17, 15) is 9.59 Å². The normalized spacial score (nSPS) is 22.1. The lowest BCUT2D eigenvalue weighted by Crippen LogP contribution is -2.45. The Balaban J connectivity index is 1.83. The Morgan fingerprint density at radius 3 is 2.80 bits per heavy atom. The number of anilines is 1. The second kappa shape index (κ2) is 4.81. The minimum Gasteiger partial charge on any atom is -0.395 e. The van der Waals surface area contributed by atoms with E-state index in [1.165, 1.54) is 0 Å². The number of aromatic nitrogens is 2. The maximum atomic E-state index is 12.5. The Hall–Kier alpha value is -2.05. The van der Waals surface area contributed by atoms with E-state index >= 15 is 0 Å². The molecule has 1 unspecified atom stereocenters. The van der Waals surface area contributed by atoms with Crippen molar-refractivity contribution in [3.05, 3.63) is 11.4 Å². The molecule has 1 aromatic rings. The molecule has 4 N–H and O–H groups in total. The van der Waals surface area contributed by atoms with Gasteiger partial charge in [0.05, 0.1) is 11.4 Å². The van der Waals surface area contributed by atoms with E-state index < -0.39 is 6.04 Å². The van der Waals surface area contributed by atoms with Gasteiger partial charge in [0.15, 0.2) is 5.69 Å². The average Bonchev–Trinajstić information content (AvgIpc) is 3.04. The van der Waals surface area contributed by atoms with Gasteiger partial charge >= 0.3 is 0 Å². The van der Waals surface area contributed by atoms with Gasteiger partial charge < -0.3 is 16.0 Å². The van der Waals surface area contributed by atoms with Crippen LogP contribution in [0.15, 0.2) is 0 Å². The third kappa shape index (κ3) is 2.03. The molecule has 2 amide bonds. The molecule has 2 heterocycles. The minimum atomic E-state index is -0.409. The zero-order valence-electron chi connectivity index (χ0n) is 11.5. The van der Waals surface area contributed by atoms with Gasteiger partial charge in [-0.1, -0.05) is 0 Å². The first-order valence-corrected chi connectivity index (χ1v) is 6.99. The van der Waals surface area contributed by atoms with Gasteiger partial charge in [-0.25, -0.2) is 0 Å². The predicted octanol–water partition coefficient (Wildman–Crippen LogP) is 0.220. The molecule has 0 aromatic carbocycles. The van der Waals surface area contributed by atoms with E-state index in [2.05, 4.69) is 15.5 Å². The van der Waals surface area contributed by atoms with Crippen molar-refractivity contribution in [2.45, 2.75) is 37.6 Å². The second-order valence-electron chi connectivity index (χ2n) is 5.44. The van der Waals surface area contributed by atoms with Crippen LogP contribution >= 0.6 is 0 Å². The number of likely N-dealkylation sites (tertiary alicyclic amines) is 1. The lowest BCUT2D eigenvalue weighted by Gasteiger charge is -2.22. The van der Waals surface area contributed by atoms with Crippen LogP contribution in [0.25, 0.3) is 0 Å². The maximum absolute atomic E-state index is 12.5. The molecular weight excluding hydrogens is 258 g/mol. The lowest BCUT2D eigenvalue weighted by molar-refractivity contribution is -0.124. The number of nitrogens with two attached hydrogens (primary N) is 1. The summed E-state index contributed by atoms with van der Waals surface area (Å²) in [5.74, 6) is 0.0292. The molecule has 1 saturated heterocycles. The van der Waals surface area contributed by atoms with Crippen LogP contribution in [0.4, 0.5) is 5.69 Å². The van der Waals surface area contributed by atoms with Crippen molar-refractivity contribution >= 4 is 17.5 Å². The number of nitrogen functional groups attached to an aromatic ring is 1. The molecule has 1 aliphatic carbocycles.